The number of methoxy groups -OCH3 is 2. The molecule has 0 aliphatic carbocycles. The molecule has 2 heterocycles. The van der Waals surface area contributed by atoms with Crippen molar-refractivity contribution in [2.75, 3.05) is 27.4 Å². The van der Waals surface area contributed by atoms with Crippen molar-refractivity contribution in [3.8, 4) is 11.5 Å². The SMILES string of the molecule is COc1cc2c(cc1OC)CN(CN1C(=O)C[C@H](c3ccccc3)C1=O)CC2. The van der Waals surface area contributed by atoms with E-state index in [2.05, 4.69) is 4.90 Å². The summed E-state index contributed by atoms with van der Waals surface area (Å²) in [5, 5.41) is 0. The predicted octanol–water partition coefficient (Wildman–Crippen LogP) is 2.56. The number of hydrogen-bond acceptors (Lipinski definition) is 5. The van der Waals surface area contributed by atoms with Gasteiger partial charge in [-0.2, -0.15) is 0 Å². The minimum Gasteiger partial charge on any atom is -0.493 e. The van der Waals surface area contributed by atoms with Gasteiger partial charge in [0.25, 0.3) is 0 Å². The molecule has 1 saturated heterocycles. The number of likely N-dealkylation sites (tertiary alicyclic amines) is 1. The minimum atomic E-state index is -0.366. The summed E-state index contributed by atoms with van der Waals surface area (Å²) in [6, 6.07) is 13.5. The van der Waals surface area contributed by atoms with Gasteiger partial charge in [0, 0.05) is 19.5 Å². The van der Waals surface area contributed by atoms with E-state index < -0.39 is 0 Å². The van der Waals surface area contributed by atoms with Gasteiger partial charge in [-0.25, -0.2) is 0 Å². The van der Waals surface area contributed by atoms with E-state index in [9.17, 15) is 9.59 Å². The highest BCUT2D eigenvalue weighted by Gasteiger charge is 2.40. The quantitative estimate of drug-likeness (QED) is 0.746. The molecule has 6 nitrogen and oxygen atoms in total. The standard InChI is InChI=1S/C22H24N2O4/c1-27-19-10-16-8-9-23(13-17(16)11-20(19)28-2)14-24-21(25)12-18(22(24)26)15-6-4-3-5-7-15/h3-7,10-11,18H,8-9,12-14H2,1-2H3/t18-/m1/s1. The highest BCUT2D eigenvalue weighted by Crippen LogP contribution is 2.34. The van der Waals surface area contributed by atoms with E-state index >= 15 is 0 Å². The van der Waals surface area contributed by atoms with E-state index in [0.29, 0.717) is 19.0 Å². The zero-order valence-corrected chi connectivity index (χ0v) is 16.2. The van der Waals surface area contributed by atoms with Crippen LogP contribution in [0.3, 0.4) is 0 Å². The summed E-state index contributed by atoms with van der Waals surface area (Å²) in [6.07, 6.45) is 1.09. The summed E-state index contributed by atoms with van der Waals surface area (Å²) >= 11 is 0. The van der Waals surface area contributed by atoms with Crippen LogP contribution in [0.5, 0.6) is 11.5 Å². The Morgan fingerprint density at radius 3 is 2.36 bits per heavy atom. The number of imide groups is 1. The van der Waals surface area contributed by atoms with Crippen LogP contribution in [0.15, 0.2) is 42.5 Å². The highest BCUT2D eigenvalue weighted by atomic mass is 16.5. The van der Waals surface area contributed by atoms with Crippen LogP contribution in [0.4, 0.5) is 0 Å². The fourth-order valence-electron chi connectivity index (χ4n) is 4.04. The molecule has 2 aromatic carbocycles. The summed E-state index contributed by atoms with van der Waals surface area (Å²) < 4.78 is 10.8. The van der Waals surface area contributed by atoms with E-state index in [1.54, 1.807) is 14.2 Å². The van der Waals surface area contributed by atoms with E-state index in [1.807, 2.05) is 42.5 Å². The van der Waals surface area contributed by atoms with Gasteiger partial charge in [0.15, 0.2) is 11.5 Å². The Morgan fingerprint density at radius 1 is 1.00 bits per heavy atom. The average Bonchev–Trinajstić information content (AvgIpc) is 3.01. The molecule has 6 heteroatoms. The largest absolute Gasteiger partial charge is 0.493 e. The second-order valence-corrected chi connectivity index (χ2v) is 7.25. The van der Waals surface area contributed by atoms with Crippen molar-refractivity contribution in [3.63, 3.8) is 0 Å². The Morgan fingerprint density at radius 2 is 1.68 bits per heavy atom. The van der Waals surface area contributed by atoms with Crippen molar-refractivity contribution in [3.05, 3.63) is 59.2 Å². The van der Waals surface area contributed by atoms with Gasteiger partial charge in [-0.05, 0) is 35.2 Å². The van der Waals surface area contributed by atoms with Gasteiger partial charge in [-0.1, -0.05) is 30.3 Å². The Bertz CT molecular complexity index is 897. The number of carbonyl (C=O) groups excluding carboxylic acids is 2. The predicted molar refractivity (Wildman–Crippen MR) is 104 cm³/mol. The minimum absolute atomic E-state index is 0.100. The van der Waals surface area contributed by atoms with Crippen LogP contribution in [-0.2, 0) is 22.6 Å². The van der Waals surface area contributed by atoms with E-state index in [4.69, 9.17) is 9.47 Å². The molecule has 4 rings (SSSR count). The number of ether oxygens (including phenoxy) is 2. The normalized spacial score (nSPS) is 19.6. The van der Waals surface area contributed by atoms with Gasteiger partial charge in [-0.3, -0.25) is 19.4 Å². The summed E-state index contributed by atoms with van der Waals surface area (Å²) in [5.74, 6) is 0.854. The summed E-state index contributed by atoms with van der Waals surface area (Å²) in [6.45, 7) is 1.78. The Kier molecular flexibility index (Phi) is 5.05. The van der Waals surface area contributed by atoms with E-state index in [1.165, 1.54) is 10.5 Å². The lowest BCUT2D eigenvalue weighted by molar-refractivity contribution is -0.141. The third-order valence-electron chi connectivity index (χ3n) is 5.58. The summed E-state index contributed by atoms with van der Waals surface area (Å²) in [7, 11) is 3.25. The molecule has 2 amide bonds. The molecular formula is C22H24N2O4. The fourth-order valence-corrected chi connectivity index (χ4v) is 4.04. The van der Waals surface area contributed by atoms with Crippen LogP contribution >= 0.6 is 0 Å². The first kappa shape index (κ1) is 18.5. The molecule has 0 spiro atoms. The first-order valence-electron chi connectivity index (χ1n) is 9.46. The Labute approximate surface area is 164 Å². The molecule has 0 N–H and O–H groups in total. The summed E-state index contributed by atoms with van der Waals surface area (Å²) in [5.41, 5.74) is 3.27. The topological polar surface area (TPSA) is 59.1 Å². The number of benzene rings is 2. The van der Waals surface area contributed by atoms with Crippen LogP contribution in [0.2, 0.25) is 0 Å². The second kappa shape index (κ2) is 7.64. The second-order valence-electron chi connectivity index (χ2n) is 7.25. The number of hydrogen-bond donors (Lipinski definition) is 0. The van der Waals surface area contributed by atoms with Gasteiger partial charge in [0.1, 0.15) is 0 Å². The van der Waals surface area contributed by atoms with Crippen molar-refractivity contribution in [1.29, 1.82) is 0 Å². The molecule has 2 aliphatic heterocycles. The average molecular weight is 380 g/mol. The first-order valence-corrected chi connectivity index (χ1v) is 9.46. The lowest BCUT2D eigenvalue weighted by Crippen LogP contribution is -2.43. The zero-order valence-electron chi connectivity index (χ0n) is 16.2. The molecule has 0 saturated carbocycles. The fraction of sp³-hybridized carbons (Fsp3) is 0.364. The van der Waals surface area contributed by atoms with Crippen molar-refractivity contribution < 1.29 is 19.1 Å². The number of carbonyl (C=O) groups is 2. The van der Waals surface area contributed by atoms with E-state index in [-0.39, 0.29) is 24.2 Å². The smallest absolute Gasteiger partial charge is 0.238 e. The van der Waals surface area contributed by atoms with Crippen molar-refractivity contribution >= 4 is 11.8 Å². The molecular weight excluding hydrogens is 356 g/mol. The van der Waals surface area contributed by atoms with Crippen LogP contribution in [0.1, 0.15) is 29.0 Å². The highest BCUT2D eigenvalue weighted by molar-refractivity contribution is 6.06. The Balaban J connectivity index is 1.48. The molecule has 28 heavy (non-hydrogen) atoms. The van der Waals surface area contributed by atoms with Crippen LogP contribution in [-0.4, -0.2) is 49.0 Å². The molecule has 0 aromatic heterocycles. The lowest BCUT2D eigenvalue weighted by Gasteiger charge is -2.32. The van der Waals surface area contributed by atoms with Gasteiger partial charge in [0.05, 0.1) is 26.8 Å². The molecule has 2 aliphatic rings. The van der Waals surface area contributed by atoms with Gasteiger partial charge >= 0.3 is 0 Å². The third kappa shape index (κ3) is 3.36. The van der Waals surface area contributed by atoms with Crippen molar-refractivity contribution in [2.24, 2.45) is 0 Å². The van der Waals surface area contributed by atoms with Crippen LogP contribution in [0, 0.1) is 0 Å². The molecule has 2 aromatic rings. The molecule has 0 radical (unpaired) electrons. The maximum absolute atomic E-state index is 12.9. The Hall–Kier alpha value is -2.86. The van der Waals surface area contributed by atoms with Gasteiger partial charge in [0.2, 0.25) is 11.8 Å². The third-order valence-corrected chi connectivity index (χ3v) is 5.58. The number of rotatable bonds is 5. The van der Waals surface area contributed by atoms with Gasteiger partial charge < -0.3 is 9.47 Å². The number of fused-ring (bicyclic) bond motifs is 1. The monoisotopic (exact) mass is 380 g/mol. The molecule has 146 valence electrons. The number of nitrogens with zero attached hydrogens (tertiary/aromatic N) is 2. The van der Waals surface area contributed by atoms with Crippen molar-refractivity contribution in [1.82, 2.24) is 9.80 Å². The number of amides is 2. The molecule has 1 fully saturated rings. The zero-order chi connectivity index (χ0) is 19.7. The van der Waals surface area contributed by atoms with Crippen LogP contribution in [0.25, 0.3) is 0 Å². The first-order chi connectivity index (χ1) is 13.6. The van der Waals surface area contributed by atoms with Crippen molar-refractivity contribution in [2.45, 2.75) is 25.3 Å². The maximum Gasteiger partial charge on any atom is 0.238 e. The van der Waals surface area contributed by atoms with Gasteiger partial charge in [-0.15, -0.1) is 0 Å². The maximum atomic E-state index is 12.9. The molecule has 1 atom stereocenters. The summed E-state index contributed by atoms with van der Waals surface area (Å²) in [4.78, 5) is 28.9. The molecule has 0 unspecified atom stereocenters. The van der Waals surface area contributed by atoms with E-state index in [0.717, 1.165) is 29.8 Å². The lowest BCUT2D eigenvalue weighted by atomic mass is 9.98. The molecule has 0 bridgehead atoms. The van der Waals surface area contributed by atoms with Crippen LogP contribution < -0.4 is 9.47 Å².